The van der Waals surface area contributed by atoms with E-state index in [4.69, 9.17) is 0 Å². The maximum atomic E-state index is 9.92. The van der Waals surface area contributed by atoms with Crippen molar-refractivity contribution in [3.8, 4) is 0 Å². The van der Waals surface area contributed by atoms with Gasteiger partial charge >= 0.3 is 0 Å². The maximum absolute atomic E-state index is 9.92. The lowest BCUT2D eigenvalue weighted by atomic mass is 9.80. The Morgan fingerprint density at radius 3 is 2.68 bits per heavy atom. The zero-order chi connectivity index (χ0) is 16.2. The fourth-order valence-electron chi connectivity index (χ4n) is 3.60. The summed E-state index contributed by atoms with van der Waals surface area (Å²) < 4.78 is 0. The van der Waals surface area contributed by atoms with Crippen molar-refractivity contribution in [1.82, 2.24) is 14.7 Å². The minimum Gasteiger partial charge on any atom is -0.396 e. The van der Waals surface area contributed by atoms with Crippen molar-refractivity contribution >= 4 is 11.3 Å². The molecule has 126 valence electrons. The summed E-state index contributed by atoms with van der Waals surface area (Å²) in [4.78, 5) is 8.38. The number of aliphatic hydroxyl groups excluding tert-OH is 1. The van der Waals surface area contributed by atoms with Crippen LogP contribution in [0.4, 0.5) is 0 Å². The number of nitrogens with zero attached hydrogens (tertiary/aromatic N) is 3. The van der Waals surface area contributed by atoms with Gasteiger partial charge in [-0.05, 0) is 64.6 Å². The van der Waals surface area contributed by atoms with E-state index in [9.17, 15) is 5.11 Å². The fourth-order valence-corrected chi connectivity index (χ4v) is 4.52. The average Bonchev–Trinajstić information content (AvgIpc) is 2.84. The Labute approximate surface area is 139 Å². The molecule has 0 aliphatic carbocycles. The number of likely N-dealkylation sites (tertiary alicyclic amines) is 1. The Morgan fingerprint density at radius 2 is 2.05 bits per heavy atom. The molecule has 22 heavy (non-hydrogen) atoms. The van der Waals surface area contributed by atoms with Gasteiger partial charge in [-0.3, -0.25) is 4.90 Å². The van der Waals surface area contributed by atoms with E-state index < -0.39 is 0 Å². The third kappa shape index (κ3) is 5.03. The Balaban J connectivity index is 1.96. The van der Waals surface area contributed by atoms with Crippen molar-refractivity contribution in [2.45, 2.75) is 25.9 Å². The molecule has 2 rings (SSSR count). The molecule has 0 radical (unpaired) electrons. The van der Waals surface area contributed by atoms with Gasteiger partial charge in [0.1, 0.15) is 0 Å². The van der Waals surface area contributed by atoms with E-state index in [2.05, 4.69) is 54.3 Å². The zero-order valence-corrected chi connectivity index (χ0v) is 15.3. The maximum Gasteiger partial charge on any atom is 0.0512 e. The van der Waals surface area contributed by atoms with Crippen LogP contribution in [0.5, 0.6) is 0 Å². The van der Waals surface area contributed by atoms with Gasteiger partial charge in [0.25, 0.3) is 0 Å². The Bertz CT molecular complexity index is 461. The molecule has 0 unspecified atom stereocenters. The monoisotopic (exact) mass is 325 g/mol. The molecule has 0 aromatic carbocycles. The van der Waals surface area contributed by atoms with E-state index >= 15 is 0 Å². The zero-order valence-electron chi connectivity index (χ0n) is 14.5. The summed E-state index contributed by atoms with van der Waals surface area (Å²) in [6, 6.07) is 2.34. The molecule has 1 aliphatic rings. The van der Waals surface area contributed by atoms with Crippen LogP contribution in [0.1, 0.15) is 23.3 Å². The Morgan fingerprint density at radius 1 is 1.27 bits per heavy atom. The van der Waals surface area contributed by atoms with E-state index in [0.717, 1.165) is 39.1 Å². The van der Waals surface area contributed by atoms with E-state index in [1.54, 1.807) is 0 Å². The molecule has 4 nitrogen and oxygen atoms in total. The number of aliphatic hydroxyl groups is 1. The first-order valence-electron chi connectivity index (χ1n) is 8.11. The van der Waals surface area contributed by atoms with E-state index in [0.29, 0.717) is 0 Å². The Hall–Kier alpha value is -0.460. The Kier molecular flexibility index (Phi) is 6.41. The van der Waals surface area contributed by atoms with E-state index in [1.165, 1.54) is 16.9 Å². The minimum atomic E-state index is 0.0471. The van der Waals surface area contributed by atoms with Gasteiger partial charge < -0.3 is 14.9 Å². The lowest BCUT2D eigenvalue weighted by molar-refractivity contribution is 0.0109. The van der Waals surface area contributed by atoms with Crippen molar-refractivity contribution < 1.29 is 5.11 Å². The summed E-state index contributed by atoms with van der Waals surface area (Å²) in [5.41, 5.74) is 1.45. The van der Waals surface area contributed by atoms with Gasteiger partial charge in [-0.25, -0.2) is 0 Å². The molecule has 1 saturated heterocycles. The summed E-state index contributed by atoms with van der Waals surface area (Å²) in [6.45, 7) is 5.44. The predicted molar refractivity (Wildman–Crippen MR) is 94.3 cm³/mol. The van der Waals surface area contributed by atoms with E-state index in [-0.39, 0.29) is 12.0 Å². The van der Waals surface area contributed by atoms with Gasteiger partial charge in [-0.2, -0.15) is 0 Å². The van der Waals surface area contributed by atoms with Crippen LogP contribution in [-0.4, -0.2) is 74.2 Å². The minimum absolute atomic E-state index is 0.0471. The summed E-state index contributed by atoms with van der Waals surface area (Å²) in [7, 11) is 8.42. The molecule has 1 fully saturated rings. The average molecular weight is 326 g/mol. The number of rotatable bonds is 7. The quantitative estimate of drug-likeness (QED) is 0.830. The molecule has 1 atom stereocenters. The van der Waals surface area contributed by atoms with Crippen molar-refractivity contribution in [2.24, 2.45) is 5.41 Å². The van der Waals surface area contributed by atoms with Gasteiger partial charge in [-0.1, -0.05) is 0 Å². The van der Waals surface area contributed by atoms with Gasteiger partial charge in [0.2, 0.25) is 0 Å². The largest absolute Gasteiger partial charge is 0.396 e. The molecule has 0 bridgehead atoms. The summed E-state index contributed by atoms with van der Waals surface area (Å²) in [5.74, 6) is 0. The topological polar surface area (TPSA) is 30.0 Å². The number of hydrogen-bond acceptors (Lipinski definition) is 5. The highest BCUT2D eigenvalue weighted by Crippen LogP contribution is 2.31. The molecule has 5 heteroatoms. The molecule has 2 heterocycles. The molecule has 1 N–H and O–H groups in total. The molecular weight excluding hydrogens is 294 g/mol. The first kappa shape index (κ1) is 17.9. The van der Waals surface area contributed by atoms with Gasteiger partial charge in [-0.15, -0.1) is 11.3 Å². The smallest absolute Gasteiger partial charge is 0.0512 e. The second-order valence-electron chi connectivity index (χ2n) is 7.37. The SMILES string of the molecule is CN(C)Cc1csc(CN2CCC[C@@](CO)(CN(C)C)C2)c1. The van der Waals surface area contributed by atoms with Gasteiger partial charge in [0, 0.05) is 36.5 Å². The van der Waals surface area contributed by atoms with Crippen LogP contribution in [0.2, 0.25) is 0 Å². The highest BCUT2D eigenvalue weighted by atomic mass is 32.1. The first-order valence-corrected chi connectivity index (χ1v) is 8.99. The third-order valence-corrected chi connectivity index (χ3v) is 5.28. The van der Waals surface area contributed by atoms with Crippen LogP contribution < -0.4 is 0 Å². The van der Waals surface area contributed by atoms with Gasteiger partial charge in [0.15, 0.2) is 0 Å². The van der Waals surface area contributed by atoms with Crippen molar-refractivity contribution in [3.63, 3.8) is 0 Å². The summed E-state index contributed by atoms with van der Waals surface area (Å²) >= 11 is 1.87. The van der Waals surface area contributed by atoms with Crippen LogP contribution in [-0.2, 0) is 13.1 Å². The molecule has 0 spiro atoms. The molecule has 1 aromatic rings. The molecule has 0 saturated carbocycles. The molecule has 1 aromatic heterocycles. The van der Waals surface area contributed by atoms with Crippen LogP contribution in [0.15, 0.2) is 11.4 Å². The van der Waals surface area contributed by atoms with Crippen molar-refractivity contribution in [1.29, 1.82) is 0 Å². The first-order chi connectivity index (χ1) is 10.4. The highest BCUT2D eigenvalue weighted by Gasteiger charge is 2.35. The second-order valence-corrected chi connectivity index (χ2v) is 8.36. The molecular formula is C17H31N3OS. The van der Waals surface area contributed by atoms with Crippen LogP contribution in [0.25, 0.3) is 0 Å². The second kappa shape index (κ2) is 7.88. The lowest BCUT2D eigenvalue weighted by Gasteiger charge is -2.43. The van der Waals surface area contributed by atoms with Crippen molar-refractivity contribution in [3.05, 3.63) is 21.9 Å². The number of thiophene rings is 1. The van der Waals surface area contributed by atoms with Crippen LogP contribution >= 0.6 is 11.3 Å². The fraction of sp³-hybridized carbons (Fsp3) is 0.765. The van der Waals surface area contributed by atoms with Crippen LogP contribution in [0, 0.1) is 5.41 Å². The number of hydrogen-bond donors (Lipinski definition) is 1. The van der Waals surface area contributed by atoms with E-state index in [1.807, 2.05) is 11.3 Å². The lowest BCUT2D eigenvalue weighted by Crippen LogP contribution is -2.49. The highest BCUT2D eigenvalue weighted by molar-refractivity contribution is 7.10. The molecule has 0 amide bonds. The predicted octanol–water partition coefficient (Wildman–Crippen LogP) is 1.95. The van der Waals surface area contributed by atoms with Gasteiger partial charge in [0.05, 0.1) is 6.61 Å². The summed E-state index contributed by atoms with van der Waals surface area (Å²) in [6.07, 6.45) is 2.32. The molecule has 1 aliphatic heterocycles. The third-order valence-electron chi connectivity index (χ3n) is 4.31. The standard InChI is InChI=1S/C17H31N3OS/c1-18(2)9-15-8-16(22-11-15)10-20-7-5-6-17(13-20,14-21)12-19(3)4/h8,11,21H,5-7,9-10,12-14H2,1-4H3/t17-/m1/s1. The normalized spacial score (nSPS) is 23.6. The van der Waals surface area contributed by atoms with Crippen molar-refractivity contribution in [2.75, 3.05) is 54.4 Å². The number of piperidine rings is 1. The summed E-state index contributed by atoms with van der Waals surface area (Å²) in [5, 5.41) is 12.2. The van der Waals surface area contributed by atoms with Crippen LogP contribution in [0.3, 0.4) is 0 Å².